The third-order valence-electron chi connectivity index (χ3n) is 3.59. The zero-order valence-corrected chi connectivity index (χ0v) is 13.8. The van der Waals surface area contributed by atoms with Gasteiger partial charge >= 0.3 is 0 Å². The smallest absolute Gasteiger partial charge is 0.123 e. The summed E-state index contributed by atoms with van der Waals surface area (Å²) in [6.07, 6.45) is 1.07. The molecule has 0 aromatic heterocycles. The van der Waals surface area contributed by atoms with Gasteiger partial charge in [-0.3, -0.25) is 0 Å². The molecule has 1 unspecified atom stereocenters. The van der Waals surface area contributed by atoms with Crippen LogP contribution in [0.5, 0.6) is 0 Å². The highest BCUT2D eigenvalue weighted by molar-refractivity contribution is 5.55. The van der Waals surface area contributed by atoms with Crippen LogP contribution in [0.25, 0.3) is 0 Å². The molecule has 1 aromatic carbocycles. The molecule has 0 aliphatic heterocycles. The Morgan fingerprint density at radius 2 is 2.05 bits per heavy atom. The Bertz CT molecular complexity index is 412. The van der Waals surface area contributed by atoms with Crippen LogP contribution in [0.4, 0.5) is 10.1 Å². The molecule has 21 heavy (non-hydrogen) atoms. The second-order valence-electron chi connectivity index (χ2n) is 5.16. The predicted octanol–water partition coefficient (Wildman–Crippen LogP) is 3.75. The first kappa shape index (κ1) is 17.9. The highest BCUT2D eigenvalue weighted by atomic mass is 19.1. The number of halogens is 1. The maximum atomic E-state index is 13.6. The van der Waals surface area contributed by atoms with Crippen LogP contribution in [0.3, 0.4) is 0 Å². The summed E-state index contributed by atoms with van der Waals surface area (Å²) in [7, 11) is 0. The van der Waals surface area contributed by atoms with Gasteiger partial charge in [-0.2, -0.15) is 0 Å². The van der Waals surface area contributed by atoms with Gasteiger partial charge in [0.1, 0.15) is 5.82 Å². The van der Waals surface area contributed by atoms with Gasteiger partial charge in [0, 0.05) is 31.4 Å². The third-order valence-corrected chi connectivity index (χ3v) is 3.59. The number of likely N-dealkylation sites (N-methyl/N-ethyl adjacent to an activating group) is 1. The van der Waals surface area contributed by atoms with Gasteiger partial charge in [-0.15, -0.1) is 0 Å². The standard InChI is InChI=1S/C17H29FN2O/c1-5-10-19-14(4)16-13-15(18)8-9-17(16)20(6-2)11-12-21-7-3/h8-9,13-14,19H,5-7,10-12H2,1-4H3. The van der Waals surface area contributed by atoms with Gasteiger partial charge in [0.2, 0.25) is 0 Å². The molecular formula is C17H29FN2O. The lowest BCUT2D eigenvalue weighted by atomic mass is 10.0. The van der Waals surface area contributed by atoms with E-state index < -0.39 is 0 Å². The Hall–Kier alpha value is -1.13. The van der Waals surface area contributed by atoms with Crippen molar-refractivity contribution < 1.29 is 9.13 Å². The summed E-state index contributed by atoms with van der Waals surface area (Å²) >= 11 is 0. The van der Waals surface area contributed by atoms with Gasteiger partial charge < -0.3 is 15.0 Å². The van der Waals surface area contributed by atoms with Crippen LogP contribution < -0.4 is 10.2 Å². The first-order valence-electron chi connectivity index (χ1n) is 7.99. The highest BCUT2D eigenvalue weighted by Gasteiger charge is 2.15. The molecule has 4 heteroatoms. The first-order valence-corrected chi connectivity index (χ1v) is 7.99. The largest absolute Gasteiger partial charge is 0.380 e. The maximum Gasteiger partial charge on any atom is 0.123 e. The van der Waals surface area contributed by atoms with Crippen molar-refractivity contribution in [3.8, 4) is 0 Å². The maximum absolute atomic E-state index is 13.6. The molecule has 1 atom stereocenters. The summed E-state index contributed by atoms with van der Waals surface area (Å²) in [4.78, 5) is 2.24. The third kappa shape index (κ3) is 5.64. The summed E-state index contributed by atoms with van der Waals surface area (Å²) in [5.41, 5.74) is 2.11. The van der Waals surface area contributed by atoms with Gasteiger partial charge in [0.25, 0.3) is 0 Å². The normalized spacial score (nSPS) is 12.4. The van der Waals surface area contributed by atoms with Gasteiger partial charge in [0.05, 0.1) is 6.61 Å². The molecule has 1 N–H and O–H groups in total. The number of nitrogens with one attached hydrogen (secondary N) is 1. The van der Waals surface area contributed by atoms with Crippen molar-refractivity contribution in [1.82, 2.24) is 5.32 Å². The van der Waals surface area contributed by atoms with Crippen molar-refractivity contribution in [3.05, 3.63) is 29.6 Å². The molecule has 0 heterocycles. The molecule has 0 saturated heterocycles. The molecule has 0 aliphatic carbocycles. The number of hydrogen-bond donors (Lipinski definition) is 1. The second-order valence-corrected chi connectivity index (χ2v) is 5.16. The monoisotopic (exact) mass is 296 g/mol. The minimum atomic E-state index is -0.181. The Balaban J connectivity index is 2.92. The van der Waals surface area contributed by atoms with Crippen LogP contribution in [0.1, 0.15) is 45.7 Å². The summed E-state index contributed by atoms with van der Waals surface area (Å²) in [6.45, 7) is 12.4. The molecule has 0 radical (unpaired) electrons. The van der Waals surface area contributed by atoms with Crippen molar-refractivity contribution in [2.75, 3.05) is 37.7 Å². The summed E-state index contributed by atoms with van der Waals surface area (Å²) in [6, 6.07) is 5.20. The molecular weight excluding hydrogens is 267 g/mol. The van der Waals surface area contributed by atoms with Crippen molar-refractivity contribution in [3.63, 3.8) is 0 Å². The number of anilines is 1. The molecule has 0 aliphatic rings. The number of hydrogen-bond acceptors (Lipinski definition) is 3. The minimum absolute atomic E-state index is 0.136. The molecule has 0 spiro atoms. The van der Waals surface area contributed by atoms with E-state index in [0.29, 0.717) is 6.61 Å². The van der Waals surface area contributed by atoms with Gasteiger partial charge in [-0.1, -0.05) is 6.92 Å². The van der Waals surface area contributed by atoms with Crippen molar-refractivity contribution in [2.24, 2.45) is 0 Å². The molecule has 0 fully saturated rings. The van der Waals surface area contributed by atoms with Gasteiger partial charge in [-0.25, -0.2) is 4.39 Å². The Labute approximate surface area is 128 Å². The van der Waals surface area contributed by atoms with E-state index in [0.717, 1.165) is 43.9 Å². The van der Waals surface area contributed by atoms with Gasteiger partial charge in [-0.05, 0) is 57.5 Å². The van der Waals surface area contributed by atoms with Gasteiger partial charge in [0.15, 0.2) is 0 Å². The lowest BCUT2D eigenvalue weighted by Gasteiger charge is -2.28. The fraction of sp³-hybridized carbons (Fsp3) is 0.647. The van der Waals surface area contributed by atoms with E-state index in [9.17, 15) is 4.39 Å². The van der Waals surface area contributed by atoms with Crippen LogP contribution in [0.2, 0.25) is 0 Å². The number of ether oxygens (including phenoxy) is 1. The van der Waals surface area contributed by atoms with E-state index in [1.807, 2.05) is 13.0 Å². The number of benzene rings is 1. The van der Waals surface area contributed by atoms with E-state index in [4.69, 9.17) is 4.74 Å². The molecule has 120 valence electrons. The van der Waals surface area contributed by atoms with E-state index in [2.05, 4.69) is 31.0 Å². The van der Waals surface area contributed by atoms with E-state index >= 15 is 0 Å². The predicted molar refractivity (Wildman–Crippen MR) is 87.5 cm³/mol. The molecule has 0 bridgehead atoms. The average molecular weight is 296 g/mol. The molecule has 1 aromatic rings. The fourth-order valence-corrected chi connectivity index (χ4v) is 2.40. The fourth-order valence-electron chi connectivity index (χ4n) is 2.40. The van der Waals surface area contributed by atoms with Crippen LogP contribution in [-0.2, 0) is 4.74 Å². The van der Waals surface area contributed by atoms with E-state index in [-0.39, 0.29) is 11.9 Å². The van der Waals surface area contributed by atoms with Crippen LogP contribution in [0, 0.1) is 5.82 Å². The quantitative estimate of drug-likeness (QED) is 0.666. The average Bonchev–Trinajstić information content (AvgIpc) is 2.49. The first-order chi connectivity index (χ1) is 10.1. The second kappa shape index (κ2) is 9.74. The lowest BCUT2D eigenvalue weighted by molar-refractivity contribution is 0.154. The topological polar surface area (TPSA) is 24.5 Å². The van der Waals surface area contributed by atoms with Crippen LogP contribution in [-0.4, -0.2) is 32.8 Å². The summed E-state index contributed by atoms with van der Waals surface area (Å²) in [5.74, 6) is -0.181. The van der Waals surface area contributed by atoms with Crippen LogP contribution >= 0.6 is 0 Å². The molecule has 0 amide bonds. The SMILES string of the molecule is CCCNC(C)c1cc(F)ccc1N(CC)CCOCC. The zero-order chi connectivity index (χ0) is 15.7. The number of nitrogens with zero attached hydrogens (tertiary/aromatic N) is 1. The number of rotatable bonds is 10. The minimum Gasteiger partial charge on any atom is -0.380 e. The summed E-state index contributed by atoms with van der Waals surface area (Å²) in [5, 5.41) is 3.44. The lowest BCUT2D eigenvalue weighted by Crippen LogP contribution is -2.30. The van der Waals surface area contributed by atoms with Crippen LogP contribution in [0.15, 0.2) is 18.2 Å². The van der Waals surface area contributed by atoms with E-state index in [1.165, 1.54) is 6.07 Å². The molecule has 3 nitrogen and oxygen atoms in total. The highest BCUT2D eigenvalue weighted by Crippen LogP contribution is 2.27. The van der Waals surface area contributed by atoms with E-state index in [1.54, 1.807) is 6.07 Å². The van der Waals surface area contributed by atoms with Crippen molar-refractivity contribution in [2.45, 2.75) is 40.2 Å². The molecule has 0 saturated carbocycles. The van der Waals surface area contributed by atoms with Crippen molar-refractivity contribution in [1.29, 1.82) is 0 Å². The Kier molecular flexibility index (Phi) is 8.31. The summed E-state index contributed by atoms with van der Waals surface area (Å²) < 4.78 is 19.1. The molecule has 1 rings (SSSR count). The zero-order valence-electron chi connectivity index (χ0n) is 13.8. The Morgan fingerprint density at radius 1 is 1.29 bits per heavy atom. The Morgan fingerprint density at radius 3 is 2.67 bits per heavy atom. The van der Waals surface area contributed by atoms with Crippen molar-refractivity contribution >= 4 is 5.69 Å².